The van der Waals surface area contributed by atoms with E-state index < -0.39 is 0 Å². The maximum atomic E-state index is 9.46. The molecule has 1 aliphatic heterocycles. The van der Waals surface area contributed by atoms with Gasteiger partial charge in [0.1, 0.15) is 11.4 Å². The molecule has 0 unspecified atom stereocenters. The SMILES string of the molecule is COc1cc(Cl)c(/N=C2\NCCN2O)c(Cl)c1. The molecule has 0 bridgehead atoms. The molecule has 1 aromatic carbocycles. The standard InChI is InChI=1S/C10H11Cl2N3O2/c1-17-6-4-7(11)9(8(12)5-6)14-10-13-2-3-15(10)16/h4-5,16H,2-3H2,1H3,(H,13,14). The molecule has 0 aliphatic carbocycles. The summed E-state index contributed by atoms with van der Waals surface area (Å²) in [4.78, 5) is 4.18. The molecule has 1 saturated heterocycles. The first-order valence-electron chi connectivity index (χ1n) is 4.94. The zero-order valence-corrected chi connectivity index (χ0v) is 10.6. The number of nitrogens with one attached hydrogen (secondary N) is 1. The van der Waals surface area contributed by atoms with Crippen molar-refractivity contribution in [1.29, 1.82) is 0 Å². The number of hydrogen-bond donors (Lipinski definition) is 2. The van der Waals surface area contributed by atoms with Gasteiger partial charge in [0.2, 0.25) is 5.96 Å². The molecule has 0 amide bonds. The van der Waals surface area contributed by atoms with E-state index in [1.165, 1.54) is 7.11 Å². The highest BCUT2D eigenvalue weighted by Gasteiger charge is 2.17. The summed E-state index contributed by atoms with van der Waals surface area (Å²) >= 11 is 12.1. The molecule has 2 rings (SSSR count). The highest BCUT2D eigenvalue weighted by molar-refractivity contribution is 6.39. The first kappa shape index (κ1) is 12.3. The predicted molar refractivity (Wildman–Crippen MR) is 66.6 cm³/mol. The van der Waals surface area contributed by atoms with Crippen LogP contribution in [0.2, 0.25) is 10.0 Å². The third-order valence-electron chi connectivity index (χ3n) is 2.30. The van der Waals surface area contributed by atoms with Crippen molar-refractivity contribution in [3.63, 3.8) is 0 Å². The van der Waals surface area contributed by atoms with Crippen LogP contribution in [0.15, 0.2) is 17.1 Å². The van der Waals surface area contributed by atoms with Gasteiger partial charge in [-0.15, -0.1) is 0 Å². The van der Waals surface area contributed by atoms with Gasteiger partial charge in [0, 0.05) is 18.7 Å². The lowest BCUT2D eigenvalue weighted by Gasteiger charge is -2.10. The van der Waals surface area contributed by atoms with Gasteiger partial charge in [0.15, 0.2) is 0 Å². The number of methoxy groups -OCH3 is 1. The molecule has 1 aliphatic rings. The summed E-state index contributed by atoms with van der Waals surface area (Å²) < 4.78 is 5.03. The molecule has 7 heteroatoms. The van der Waals surface area contributed by atoms with Gasteiger partial charge < -0.3 is 10.1 Å². The quantitative estimate of drug-likeness (QED) is 0.870. The van der Waals surface area contributed by atoms with Crippen molar-refractivity contribution in [3.05, 3.63) is 22.2 Å². The van der Waals surface area contributed by atoms with Crippen LogP contribution >= 0.6 is 23.2 Å². The van der Waals surface area contributed by atoms with Crippen molar-refractivity contribution in [2.24, 2.45) is 4.99 Å². The van der Waals surface area contributed by atoms with Crippen LogP contribution in [0.4, 0.5) is 5.69 Å². The molecule has 0 radical (unpaired) electrons. The van der Waals surface area contributed by atoms with Crippen LogP contribution in [0.1, 0.15) is 0 Å². The van der Waals surface area contributed by atoms with Gasteiger partial charge in [-0.05, 0) is 0 Å². The Morgan fingerprint density at radius 3 is 2.53 bits per heavy atom. The number of hydrogen-bond acceptors (Lipinski definition) is 3. The Labute approximate surface area is 109 Å². The zero-order valence-electron chi connectivity index (χ0n) is 9.07. The number of benzene rings is 1. The van der Waals surface area contributed by atoms with Gasteiger partial charge in [-0.3, -0.25) is 5.21 Å². The molecular formula is C10H11Cl2N3O2. The fourth-order valence-corrected chi connectivity index (χ4v) is 1.99. The normalized spacial score (nSPS) is 17.4. The average molecular weight is 276 g/mol. The van der Waals surface area contributed by atoms with Gasteiger partial charge in [0.25, 0.3) is 0 Å². The van der Waals surface area contributed by atoms with E-state index in [9.17, 15) is 5.21 Å². The molecule has 1 aromatic rings. The lowest BCUT2D eigenvalue weighted by atomic mass is 10.3. The molecular weight excluding hydrogens is 265 g/mol. The Hall–Kier alpha value is -1.17. The number of ether oxygens (including phenoxy) is 1. The minimum atomic E-state index is 0.332. The predicted octanol–water partition coefficient (Wildman–Crippen LogP) is 2.28. The number of aliphatic imine (C=N–C) groups is 1. The van der Waals surface area contributed by atoms with E-state index in [4.69, 9.17) is 27.9 Å². The minimum Gasteiger partial charge on any atom is -0.497 e. The second-order valence-electron chi connectivity index (χ2n) is 3.42. The van der Waals surface area contributed by atoms with E-state index in [0.29, 0.717) is 40.5 Å². The fraction of sp³-hybridized carbons (Fsp3) is 0.300. The Bertz CT molecular complexity index is 442. The Kier molecular flexibility index (Phi) is 3.61. The topological polar surface area (TPSA) is 57.1 Å². The molecule has 1 heterocycles. The van der Waals surface area contributed by atoms with Gasteiger partial charge in [0.05, 0.1) is 23.7 Å². The van der Waals surface area contributed by atoms with Gasteiger partial charge in [-0.2, -0.15) is 0 Å². The van der Waals surface area contributed by atoms with Crippen LogP contribution in [0.25, 0.3) is 0 Å². The maximum Gasteiger partial charge on any atom is 0.223 e. The molecule has 2 N–H and O–H groups in total. The first-order valence-corrected chi connectivity index (χ1v) is 5.69. The van der Waals surface area contributed by atoms with Crippen molar-refractivity contribution >= 4 is 34.8 Å². The average Bonchev–Trinajstić information content (AvgIpc) is 2.69. The Balaban J connectivity index is 2.39. The van der Waals surface area contributed by atoms with E-state index >= 15 is 0 Å². The lowest BCUT2D eigenvalue weighted by molar-refractivity contribution is -0.00126. The Morgan fingerprint density at radius 1 is 1.41 bits per heavy atom. The largest absolute Gasteiger partial charge is 0.497 e. The molecule has 17 heavy (non-hydrogen) atoms. The highest BCUT2D eigenvalue weighted by atomic mass is 35.5. The number of hydroxylamine groups is 2. The van der Waals surface area contributed by atoms with Crippen molar-refractivity contribution in [1.82, 2.24) is 10.4 Å². The monoisotopic (exact) mass is 275 g/mol. The Morgan fingerprint density at radius 2 is 2.06 bits per heavy atom. The fourth-order valence-electron chi connectivity index (χ4n) is 1.44. The first-order chi connectivity index (χ1) is 8.11. The highest BCUT2D eigenvalue weighted by Crippen LogP contribution is 2.37. The second kappa shape index (κ2) is 5.00. The van der Waals surface area contributed by atoms with Crippen molar-refractivity contribution < 1.29 is 9.94 Å². The van der Waals surface area contributed by atoms with Crippen LogP contribution in [-0.2, 0) is 0 Å². The maximum absolute atomic E-state index is 9.46. The van der Waals surface area contributed by atoms with Crippen LogP contribution in [0.5, 0.6) is 5.75 Å². The summed E-state index contributed by atoms with van der Waals surface area (Å²) in [7, 11) is 1.53. The molecule has 0 aromatic heterocycles. The summed E-state index contributed by atoms with van der Waals surface area (Å²) in [6.45, 7) is 1.10. The third kappa shape index (κ3) is 2.57. The van der Waals surface area contributed by atoms with Crippen LogP contribution in [0.3, 0.4) is 0 Å². The number of guanidine groups is 1. The number of rotatable bonds is 2. The molecule has 0 saturated carbocycles. The third-order valence-corrected chi connectivity index (χ3v) is 2.87. The molecule has 5 nitrogen and oxygen atoms in total. The van der Waals surface area contributed by atoms with Gasteiger partial charge in [-0.25, -0.2) is 10.1 Å². The summed E-state index contributed by atoms with van der Waals surface area (Å²) in [6.07, 6.45) is 0. The van der Waals surface area contributed by atoms with E-state index in [-0.39, 0.29) is 0 Å². The smallest absolute Gasteiger partial charge is 0.223 e. The summed E-state index contributed by atoms with van der Waals surface area (Å²) in [5.74, 6) is 0.892. The molecule has 0 atom stereocenters. The van der Waals surface area contributed by atoms with E-state index in [1.54, 1.807) is 12.1 Å². The second-order valence-corrected chi connectivity index (χ2v) is 4.24. The minimum absolute atomic E-state index is 0.332. The molecule has 92 valence electrons. The van der Waals surface area contributed by atoms with Crippen molar-refractivity contribution in [3.8, 4) is 5.75 Å². The number of nitrogens with zero attached hydrogens (tertiary/aromatic N) is 2. The van der Waals surface area contributed by atoms with E-state index in [1.807, 2.05) is 0 Å². The van der Waals surface area contributed by atoms with Crippen LogP contribution in [-0.4, -0.2) is 36.4 Å². The lowest BCUT2D eigenvalue weighted by Crippen LogP contribution is -2.26. The number of halogens is 2. The molecule has 0 spiro atoms. The zero-order chi connectivity index (χ0) is 12.4. The van der Waals surface area contributed by atoms with Crippen molar-refractivity contribution in [2.45, 2.75) is 0 Å². The molecule has 1 fully saturated rings. The van der Waals surface area contributed by atoms with E-state index in [2.05, 4.69) is 10.3 Å². The summed E-state index contributed by atoms with van der Waals surface area (Å²) in [5.41, 5.74) is 0.401. The van der Waals surface area contributed by atoms with Gasteiger partial charge in [-0.1, -0.05) is 23.2 Å². The van der Waals surface area contributed by atoms with Crippen molar-refractivity contribution in [2.75, 3.05) is 20.2 Å². The van der Waals surface area contributed by atoms with Crippen LogP contribution < -0.4 is 10.1 Å². The van der Waals surface area contributed by atoms with Crippen LogP contribution in [0, 0.1) is 0 Å². The van der Waals surface area contributed by atoms with Gasteiger partial charge >= 0.3 is 0 Å². The van der Waals surface area contributed by atoms with E-state index in [0.717, 1.165) is 5.06 Å². The summed E-state index contributed by atoms with van der Waals surface area (Å²) in [6, 6.07) is 3.23. The summed E-state index contributed by atoms with van der Waals surface area (Å²) in [5, 5.41) is 14.1.